The molecule has 2 rings (SSSR count). The summed E-state index contributed by atoms with van der Waals surface area (Å²) in [5.74, 6) is 0.00626. The SMILES string of the molecule is CNC1CCN(CC(=O)Nc2c(C)cc(C)cc2Cl)CC1.Cl. The van der Waals surface area contributed by atoms with Crippen molar-refractivity contribution in [1.29, 1.82) is 0 Å². The Morgan fingerprint density at radius 3 is 2.50 bits per heavy atom. The van der Waals surface area contributed by atoms with E-state index < -0.39 is 0 Å². The number of aryl methyl sites for hydroxylation is 2. The molecule has 1 aliphatic heterocycles. The molecule has 4 nitrogen and oxygen atoms in total. The molecular formula is C16H25Cl2N3O. The molecule has 124 valence electrons. The van der Waals surface area contributed by atoms with Crippen molar-refractivity contribution < 1.29 is 4.79 Å². The standard InChI is InChI=1S/C16H24ClN3O.ClH/c1-11-8-12(2)16(14(17)9-11)19-15(21)10-20-6-4-13(18-3)5-7-20;/h8-9,13,18H,4-7,10H2,1-3H3,(H,19,21);1H. The van der Waals surface area contributed by atoms with E-state index in [9.17, 15) is 4.79 Å². The van der Waals surface area contributed by atoms with E-state index in [1.807, 2.05) is 33.0 Å². The van der Waals surface area contributed by atoms with Gasteiger partial charge >= 0.3 is 0 Å². The highest BCUT2D eigenvalue weighted by molar-refractivity contribution is 6.34. The maximum atomic E-state index is 12.2. The lowest BCUT2D eigenvalue weighted by atomic mass is 10.1. The van der Waals surface area contributed by atoms with Gasteiger partial charge in [0.05, 0.1) is 17.3 Å². The Hall–Kier alpha value is -0.810. The summed E-state index contributed by atoms with van der Waals surface area (Å²) in [6, 6.07) is 4.49. The number of hydrogen-bond acceptors (Lipinski definition) is 3. The Labute approximate surface area is 144 Å². The zero-order chi connectivity index (χ0) is 15.4. The number of nitrogens with zero attached hydrogens (tertiary/aromatic N) is 1. The normalized spacial score (nSPS) is 16.2. The maximum absolute atomic E-state index is 12.2. The Kier molecular flexibility index (Phi) is 7.63. The summed E-state index contributed by atoms with van der Waals surface area (Å²) in [5.41, 5.74) is 2.84. The molecule has 6 heteroatoms. The molecule has 1 heterocycles. The first-order valence-electron chi connectivity index (χ1n) is 7.46. The predicted molar refractivity (Wildman–Crippen MR) is 95.3 cm³/mol. The minimum absolute atomic E-state index is 0. The summed E-state index contributed by atoms with van der Waals surface area (Å²) in [6.45, 7) is 6.31. The number of amides is 1. The third-order valence-corrected chi connectivity index (χ3v) is 4.36. The van der Waals surface area contributed by atoms with Crippen LogP contribution in [0.2, 0.25) is 5.02 Å². The smallest absolute Gasteiger partial charge is 0.238 e. The van der Waals surface area contributed by atoms with Crippen LogP contribution in [0, 0.1) is 13.8 Å². The van der Waals surface area contributed by atoms with Gasteiger partial charge in [-0.3, -0.25) is 9.69 Å². The van der Waals surface area contributed by atoms with E-state index in [2.05, 4.69) is 15.5 Å². The molecule has 0 unspecified atom stereocenters. The first kappa shape index (κ1) is 19.2. The first-order valence-corrected chi connectivity index (χ1v) is 7.83. The van der Waals surface area contributed by atoms with Gasteiger partial charge in [0, 0.05) is 19.1 Å². The second-order valence-corrected chi connectivity index (χ2v) is 6.23. The van der Waals surface area contributed by atoms with Crippen molar-refractivity contribution in [3.8, 4) is 0 Å². The number of nitrogens with one attached hydrogen (secondary N) is 2. The fourth-order valence-corrected chi connectivity index (χ4v) is 3.20. The molecule has 22 heavy (non-hydrogen) atoms. The van der Waals surface area contributed by atoms with Gasteiger partial charge in [-0.1, -0.05) is 17.7 Å². The number of hydrogen-bond donors (Lipinski definition) is 2. The fourth-order valence-electron chi connectivity index (χ4n) is 2.84. The molecule has 0 spiro atoms. The van der Waals surface area contributed by atoms with Crippen LogP contribution < -0.4 is 10.6 Å². The average molecular weight is 346 g/mol. The Balaban J connectivity index is 0.00000242. The van der Waals surface area contributed by atoms with Crippen molar-refractivity contribution in [3.05, 3.63) is 28.3 Å². The molecule has 1 aromatic carbocycles. The number of benzene rings is 1. The first-order chi connectivity index (χ1) is 9.99. The van der Waals surface area contributed by atoms with Crippen LogP contribution in [0.25, 0.3) is 0 Å². The lowest BCUT2D eigenvalue weighted by Gasteiger charge is -2.31. The number of anilines is 1. The lowest BCUT2D eigenvalue weighted by molar-refractivity contribution is -0.117. The van der Waals surface area contributed by atoms with E-state index in [4.69, 9.17) is 11.6 Å². The van der Waals surface area contributed by atoms with E-state index in [1.54, 1.807) is 0 Å². The van der Waals surface area contributed by atoms with E-state index in [-0.39, 0.29) is 18.3 Å². The van der Waals surface area contributed by atoms with Gasteiger partial charge in [0.15, 0.2) is 0 Å². The number of halogens is 2. The third kappa shape index (κ3) is 5.13. The molecule has 1 fully saturated rings. The predicted octanol–water partition coefficient (Wildman–Crippen LogP) is 3.00. The molecule has 0 bridgehead atoms. The molecule has 0 radical (unpaired) electrons. The zero-order valence-corrected chi connectivity index (χ0v) is 15.0. The van der Waals surface area contributed by atoms with Crippen LogP contribution in [-0.4, -0.2) is 43.5 Å². The largest absolute Gasteiger partial charge is 0.323 e. The van der Waals surface area contributed by atoms with Crippen LogP contribution in [-0.2, 0) is 4.79 Å². The molecule has 1 aromatic rings. The molecule has 1 aliphatic rings. The van der Waals surface area contributed by atoms with Crippen LogP contribution in [0.3, 0.4) is 0 Å². The second kappa shape index (κ2) is 8.73. The highest BCUT2D eigenvalue weighted by Crippen LogP contribution is 2.27. The van der Waals surface area contributed by atoms with Crippen LogP contribution in [0.1, 0.15) is 24.0 Å². The molecule has 1 amide bonds. The molecule has 0 saturated carbocycles. The summed E-state index contributed by atoms with van der Waals surface area (Å²) < 4.78 is 0. The van der Waals surface area contributed by atoms with Crippen LogP contribution in [0.15, 0.2) is 12.1 Å². The van der Waals surface area contributed by atoms with Crippen molar-refractivity contribution >= 4 is 35.6 Å². The molecule has 0 atom stereocenters. The molecule has 1 saturated heterocycles. The van der Waals surface area contributed by atoms with E-state index in [0.29, 0.717) is 17.6 Å². The summed E-state index contributed by atoms with van der Waals surface area (Å²) in [7, 11) is 2.00. The van der Waals surface area contributed by atoms with Crippen LogP contribution >= 0.6 is 24.0 Å². The van der Waals surface area contributed by atoms with Gasteiger partial charge in [0.1, 0.15) is 0 Å². The minimum Gasteiger partial charge on any atom is -0.323 e. The molecular weight excluding hydrogens is 321 g/mol. The molecule has 2 N–H and O–H groups in total. The van der Waals surface area contributed by atoms with E-state index >= 15 is 0 Å². The quantitative estimate of drug-likeness (QED) is 0.881. The molecule has 0 aromatic heterocycles. The van der Waals surface area contributed by atoms with Gasteiger partial charge in [0.2, 0.25) is 5.91 Å². The summed E-state index contributed by atoms with van der Waals surface area (Å²) >= 11 is 6.22. The van der Waals surface area contributed by atoms with Crippen molar-refractivity contribution in [2.24, 2.45) is 0 Å². The van der Waals surface area contributed by atoms with Gasteiger partial charge in [-0.25, -0.2) is 0 Å². The number of carbonyl (C=O) groups excluding carboxylic acids is 1. The summed E-state index contributed by atoms with van der Waals surface area (Å²) in [5, 5.41) is 6.85. The van der Waals surface area contributed by atoms with E-state index in [1.165, 1.54) is 0 Å². The van der Waals surface area contributed by atoms with Gasteiger partial charge < -0.3 is 10.6 Å². The topological polar surface area (TPSA) is 44.4 Å². The zero-order valence-electron chi connectivity index (χ0n) is 13.4. The Morgan fingerprint density at radius 2 is 1.95 bits per heavy atom. The van der Waals surface area contributed by atoms with Gasteiger partial charge in [0.25, 0.3) is 0 Å². The fraction of sp³-hybridized carbons (Fsp3) is 0.562. The summed E-state index contributed by atoms with van der Waals surface area (Å²) in [6.07, 6.45) is 2.18. The van der Waals surface area contributed by atoms with Crippen LogP contribution in [0.5, 0.6) is 0 Å². The maximum Gasteiger partial charge on any atom is 0.238 e. The van der Waals surface area contributed by atoms with Crippen molar-refractivity contribution in [1.82, 2.24) is 10.2 Å². The van der Waals surface area contributed by atoms with Gasteiger partial charge in [-0.05, 0) is 50.9 Å². The highest BCUT2D eigenvalue weighted by Gasteiger charge is 2.20. The monoisotopic (exact) mass is 345 g/mol. The van der Waals surface area contributed by atoms with Crippen LogP contribution in [0.4, 0.5) is 5.69 Å². The lowest BCUT2D eigenvalue weighted by Crippen LogP contribution is -2.44. The van der Waals surface area contributed by atoms with E-state index in [0.717, 1.165) is 42.7 Å². The Morgan fingerprint density at radius 1 is 1.32 bits per heavy atom. The molecule has 0 aliphatic carbocycles. The van der Waals surface area contributed by atoms with Gasteiger partial charge in [-0.2, -0.15) is 0 Å². The van der Waals surface area contributed by atoms with Gasteiger partial charge in [-0.15, -0.1) is 12.4 Å². The second-order valence-electron chi connectivity index (χ2n) is 5.83. The Bertz CT molecular complexity index is 491. The summed E-state index contributed by atoms with van der Waals surface area (Å²) in [4.78, 5) is 14.4. The van der Waals surface area contributed by atoms with Crippen molar-refractivity contribution in [3.63, 3.8) is 0 Å². The average Bonchev–Trinajstić information content (AvgIpc) is 2.43. The minimum atomic E-state index is 0. The number of piperidine rings is 1. The third-order valence-electron chi connectivity index (χ3n) is 4.06. The highest BCUT2D eigenvalue weighted by atomic mass is 35.5. The van der Waals surface area contributed by atoms with Crippen molar-refractivity contribution in [2.45, 2.75) is 32.7 Å². The van der Waals surface area contributed by atoms with Crippen molar-refractivity contribution in [2.75, 3.05) is 32.0 Å². The number of likely N-dealkylation sites (tertiary alicyclic amines) is 1. The number of rotatable bonds is 4. The number of carbonyl (C=O) groups is 1.